The molecule has 1 fully saturated rings. The van der Waals surface area contributed by atoms with Crippen LogP contribution in [0, 0.1) is 17.0 Å². The number of hydrogen-bond donors (Lipinski definition) is 0. The Morgan fingerprint density at radius 1 is 1.15 bits per heavy atom. The van der Waals surface area contributed by atoms with Crippen molar-refractivity contribution < 1.29 is 39.1 Å². The van der Waals surface area contributed by atoms with Crippen LogP contribution in [0.4, 0.5) is 0 Å². The number of hydroxylamine groups is 2. The molecule has 1 saturated heterocycles. The number of nitrogens with zero attached hydrogens (tertiary/aromatic N) is 1. The SMILES string of the molecule is O=C1C2CC=CCC2C(=O)N1[O-].[Na+]. The molecule has 0 aromatic rings. The molecule has 0 spiro atoms. The van der Waals surface area contributed by atoms with Gasteiger partial charge >= 0.3 is 29.6 Å². The minimum Gasteiger partial charge on any atom is -0.750 e. The average Bonchev–Trinajstić information content (AvgIpc) is 2.33. The van der Waals surface area contributed by atoms with Crippen LogP contribution in [0.2, 0.25) is 0 Å². The second-order valence-corrected chi connectivity index (χ2v) is 3.13. The molecule has 0 aromatic heterocycles. The van der Waals surface area contributed by atoms with Gasteiger partial charge < -0.3 is 10.3 Å². The summed E-state index contributed by atoms with van der Waals surface area (Å²) in [5, 5.41) is 10.9. The van der Waals surface area contributed by atoms with Gasteiger partial charge in [-0.15, -0.1) is 0 Å². The van der Waals surface area contributed by atoms with E-state index in [0.717, 1.165) is 0 Å². The fourth-order valence-corrected chi connectivity index (χ4v) is 1.77. The zero-order valence-electron chi connectivity index (χ0n) is 7.40. The summed E-state index contributed by atoms with van der Waals surface area (Å²) in [6.45, 7) is 0. The Bertz CT molecular complexity index is 251. The molecule has 13 heavy (non-hydrogen) atoms. The van der Waals surface area contributed by atoms with Crippen molar-refractivity contribution >= 4 is 11.8 Å². The number of rotatable bonds is 0. The molecular formula is C8H8NNaO3. The summed E-state index contributed by atoms with van der Waals surface area (Å²) in [4.78, 5) is 22.2. The third-order valence-corrected chi connectivity index (χ3v) is 2.47. The molecular weight excluding hydrogens is 181 g/mol. The predicted octanol–water partition coefficient (Wildman–Crippen LogP) is -2.56. The Balaban J connectivity index is 0.000000845. The van der Waals surface area contributed by atoms with Crippen LogP contribution in [0.15, 0.2) is 12.2 Å². The fourth-order valence-electron chi connectivity index (χ4n) is 1.77. The first-order valence-corrected chi connectivity index (χ1v) is 3.92. The molecule has 2 atom stereocenters. The Hall–Kier alpha value is -0.160. The van der Waals surface area contributed by atoms with Crippen molar-refractivity contribution in [2.75, 3.05) is 0 Å². The van der Waals surface area contributed by atoms with Gasteiger partial charge in [0, 0.05) is 0 Å². The van der Waals surface area contributed by atoms with Crippen molar-refractivity contribution in [2.24, 2.45) is 11.8 Å². The molecule has 1 aliphatic heterocycles. The molecule has 64 valence electrons. The number of imide groups is 1. The molecule has 0 aromatic carbocycles. The Morgan fingerprint density at radius 3 is 1.92 bits per heavy atom. The van der Waals surface area contributed by atoms with Crippen LogP contribution in [0.1, 0.15) is 12.8 Å². The standard InChI is InChI=1S/C8H8NO3.Na/c10-7-5-3-1-2-4-6(5)8(11)9(7)12;/h1-2,5-6H,3-4H2;/q-1;+1. The number of carbonyl (C=O) groups excluding carboxylic acids is 2. The summed E-state index contributed by atoms with van der Waals surface area (Å²) in [5.41, 5.74) is 0. The van der Waals surface area contributed by atoms with E-state index in [1.165, 1.54) is 0 Å². The molecule has 0 N–H and O–H groups in total. The predicted molar refractivity (Wildman–Crippen MR) is 40.6 cm³/mol. The molecule has 0 bridgehead atoms. The van der Waals surface area contributed by atoms with Gasteiger partial charge in [-0.1, -0.05) is 12.2 Å². The topological polar surface area (TPSA) is 60.4 Å². The van der Waals surface area contributed by atoms with Crippen molar-refractivity contribution in [1.82, 2.24) is 5.06 Å². The van der Waals surface area contributed by atoms with E-state index in [-0.39, 0.29) is 46.5 Å². The monoisotopic (exact) mass is 189 g/mol. The second kappa shape index (κ2) is 3.92. The fraction of sp³-hybridized carbons (Fsp3) is 0.500. The first-order valence-electron chi connectivity index (χ1n) is 3.92. The molecule has 2 unspecified atom stereocenters. The van der Waals surface area contributed by atoms with E-state index in [0.29, 0.717) is 12.8 Å². The van der Waals surface area contributed by atoms with Crippen LogP contribution < -0.4 is 29.6 Å². The minimum atomic E-state index is -0.561. The maximum absolute atomic E-state index is 11.1. The van der Waals surface area contributed by atoms with Crippen molar-refractivity contribution in [1.29, 1.82) is 0 Å². The minimum absolute atomic E-state index is 0. The van der Waals surface area contributed by atoms with Crippen LogP contribution in [0.25, 0.3) is 0 Å². The number of carbonyl (C=O) groups is 2. The number of allylic oxidation sites excluding steroid dienone is 2. The summed E-state index contributed by atoms with van der Waals surface area (Å²) in [6, 6.07) is 0. The molecule has 2 amide bonds. The van der Waals surface area contributed by atoms with Crippen molar-refractivity contribution in [2.45, 2.75) is 12.8 Å². The summed E-state index contributed by atoms with van der Waals surface area (Å²) in [5.74, 6) is -1.87. The molecule has 2 aliphatic rings. The van der Waals surface area contributed by atoms with Gasteiger partial charge in [-0.2, -0.15) is 0 Å². The Labute approximate surface area is 97.8 Å². The zero-order valence-corrected chi connectivity index (χ0v) is 9.40. The maximum Gasteiger partial charge on any atom is 1.00 e. The number of hydrogen-bond acceptors (Lipinski definition) is 3. The van der Waals surface area contributed by atoms with Crippen LogP contribution in [-0.4, -0.2) is 16.9 Å². The van der Waals surface area contributed by atoms with Crippen LogP contribution in [0.3, 0.4) is 0 Å². The first kappa shape index (κ1) is 10.9. The second-order valence-electron chi connectivity index (χ2n) is 3.13. The van der Waals surface area contributed by atoms with Crippen LogP contribution in [-0.2, 0) is 9.59 Å². The maximum atomic E-state index is 11.1. The first-order chi connectivity index (χ1) is 5.72. The van der Waals surface area contributed by atoms with E-state index in [4.69, 9.17) is 0 Å². The van der Waals surface area contributed by atoms with Crippen LogP contribution >= 0.6 is 0 Å². The van der Waals surface area contributed by atoms with E-state index in [2.05, 4.69) is 0 Å². The third kappa shape index (κ3) is 1.59. The van der Waals surface area contributed by atoms with Crippen molar-refractivity contribution in [3.05, 3.63) is 17.4 Å². The quantitative estimate of drug-likeness (QED) is 0.239. The third-order valence-electron chi connectivity index (χ3n) is 2.47. The molecule has 1 heterocycles. The Kier molecular flexibility index (Phi) is 3.29. The van der Waals surface area contributed by atoms with Gasteiger partial charge in [0.1, 0.15) is 0 Å². The molecule has 1 aliphatic carbocycles. The van der Waals surface area contributed by atoms with E-state index in [1.807, 2.05) is 12.2 Å². The van der Waals surface area contributed by atoms with Gasteiger partial charge in [0.05, 0.1) is 11.8 Å². The molecule has 4 nitrogen and oxygen atoms in total. The van der Waals surface area contributed by atoms with Gasteiger partial charge in [-0.25, -0.2) is 0 Å². The van der Waals surface area contributed by atoms with E-state index < -0.39 is 11.8 Å². The molecule has 0 saturated carbocycles. The smallest absolute Gasteiger partial charge is 0.750 e. The van der Waals surface area contributed by atoms with E-state index in [1.54, 1.807) is 0 Å². The van der Waals surface area contributed by atoms with E-state index in [9.17, 15) is 14.8 Å². The summed E-state index contributed by atoms with van der Waals surface area (Å²) in [7, 11) is 0. The average molecular weight is 189 g/mol. The molecule has 5 heteroatoms. The summed E-state index contributed by atoms with van der Waals surface area (Å²) < 4.78 is 0. The van der Waals surface area contributed by atoms with Crippen molar-refractivity contribution in [3.63, 3.8) is 0 Å². The Morgan fingerprint density at radius 2 is 1.54 bits per heavy atom. The zero-order chi connectivity index (χ0) is 8.72. The van der Waals surface area contributed by atoms with Gasteiger partial charge in [0.2, 0.25) is 11.8 Å². The van der Waals surface area contributed by atoms with Gasteiger partial charge in [-0.3, -0.25) is 9.59 Å². The number of fused-ring (bicyclic) bond motifs is 1. The summed E-state index contributed by atoms with van der Waals surface area (Å²) >= 11 is 0. The largest absolute Gasteiger partial charge is 1.00 e. The van der Waals surface area contributed by atoms with Gasteiger partial charge in [0.25, 0.3) is 0 Å². The van der Waals surface area contributed by atoms with Gasteiger partial charge in [0.15, 0.2) is 0 Å². The van der Waals surface area contributed by atoms with Crippen molar-refractivity contribution in [3.8, 4) is 0 Å². The molecule has 0 radical (unpaired) electrons. The molecule has 2 rings (SSSR count). The normalized spacial score (nSPS) is 31.6. The summed E-state index contributed by atoms with van der Waals surface area (Å²) in [6.07, 6.45) is 4.78. The van der Waals surface area contributed by atoms with Gasteiger partial charge in [-0.05, 0) is 12.8 Å². The van der Waals surface area contributed by atoms with E-state index >= 15 is 0 Å². The number of amides is 2. The van der Waals surface area contributed by atoms with Crippen LogP contribution in [0.5, 0.6) is 0 Å².